The summed E-state index contributed by atoms with van der Waals surface area (Å²) in [7, 11) is 0. The van der Waals surface area contributed by atoms with Crippen molar-refractivity contribution in [3.8, 4) is 11.1 Å². The van der Waals surface area contributed by atoms with E-state index in [1.807, 2.05) is 18.2 Å². The lowest BCUT2D eigenvalue weighted by Gasteiger charge is -2.09. The van der Waals surface area contributed by atoms with Crippen LogP contribution in [0.15, 0.2) is 41.3 Å². The van der Waals surface area contributed by atoms with Gasteiger partial charge in [0.05, 0.1) is 10.0 Å². The second-order valence-corrected chi connectivity index (χ2v) is 5.50. The van der Waals surface area contributed by atoms with Gasteiger partial charge in [0.1, 0.15) is 0 Å². The van der Waals surface area contributed by atoms with E-state index in [-0.39, 0.29) is 0 Å². The predicted molar refractivity (Wildman–Crippen MR) is 78.4 cm³/mol. The normalized spacial score (nSPS) is 10.6. The van der Waals surface area contributed by atoms with E-state index in [0.29, 0.717) is 10.0 Å². The fraction of sp³-hybridized carbons (Fsp3) is 0.143. The van der Waals surface area contributed by atoms with Crippen LogP contribution in [0.4, 0.5) is 0 Å². The second-order valence-electron chi connectivity index (χ2n) is 3.81. The molecule has 0 nitrogen and oxygen atoms in total. The molecule has 0 N–H and O–H groups in total. The molecular formula is C14H12Cl2S. The molecule has 88 valence electrons. The number of thioether (sulfide) groups is 1. The van der Waals surface area contributed by atoms with Gasteiger partial charge in [-0.25, -0.2) is 0 Å². The Balaban J connectivity index is 2.55. The van der Waals surface area contributed by atoms with Gasteiger partial charge in [-0.05, 0) is 54.1 Å². The van der Waals surface area contributed by atoms with Crippen molar-refractivity contribution in [1.29, 1.82) is 0 Å². The zero-order valence-corrected chi connectivity index (χ0v) is 12.0. The average Bonchev–Trinajstić information content (AvgIpc) is 2.33. The number of halogens is 2. The molecule has 0 bridgehead atoms. The lowest BCUT2D eigenvalue weighted by atomic mass is 10.0. The molecule has 0 aromatic heterocycles. The molecule has 0 heterocycles. The largest absolute Gasteiger partial charge is 0.130 e. The van der Waals surface area contributed by atoms with Crippen LogP contribution in [0, 0.1) is 6.92 Å². The first-order valence-electron chi connectivity index (χ1n) is 5.22. The minimum absolute atomic E-state index is 0.592. The van der Waals surface area contributed by atoms with E-state index in [4.69, 9.17) is 23.2 Å². The van der Waals surface area contributed by atoms with Gasteiger partial charge in [-0.2, -0.15) is 0 Å². The first kappa shape index (κ1) is 12.8. The molecule has 0 aliphatic carbocycles. The van der Waals surface area contributed by atoms with Crippen molar-refractivity contribution in [3.63, 3.8) is 0 Å². The van der Waals surface area contributed by atoms with E-state index in [9.17, 15) is 0 Å². The van der Waals surface area contributed by atoms with Crippen molar-refractivity contribution in [2.24, 2.45) is 0 Å². The second kappa shape index (κ2) is 5.34. The minimum atomic E-state index is 0.592. The molecule has 0 amide bonds. The molecule has 0 atom stereocenters. The van der Waals surface area contributed by atoms with E-state index in [1.165, 1.54) is 16.0 Å². The Hall–Kier alpha value is -0.630. The van der Waals surface area contributed by atoms with Crippen LogP contribution in [-0.4, -0.2) is 6.26 Å². The SMILES string of the molecule is CSc1ccc(C)c(-c2ccc(Cl)c(Cl)c2)c1. The van der Waals surface area contributed by atoms with Gasteiger partial charge >= 0.3 is 0 Å². The molecule has 0 saturated heterocycles. The Bertz CT molecular complexity index is 550. The van der Waals surface area contributed by atoms with E-state index < -0.39 is 0 Å². The Labute approximate surface area is 116 Å². The molecule has 2 rings (SSSR count). The molecule has 17 heavy (non-hydrogen) atoms. The Kier molecular flexibility index (Phi) is 4.03. The molecule has 0 saturated carbocycles. The average molecular weight is 283 g/mol. The van der Waals surface area contributed by atoms with Crippen molar-refractivity contribution in [2.75, 3.05) is 6.26 Å². The number of benzene rings is 2. The Morgan fingerprint density at radius 3 is 2.35 bits per heavy atom. The fourth-order valence-corrected chi connectivity index (χ4v) is 2.44. The first-order chi connectivity index (χ1) is 8.11. The molecule has 0 aliphatic rings. The smallest absolute Gasteiger partial charge is 0.0598 e. The van der Waals surface area contributed by atoms with Crippen LogP contribution in [0.3, 0.4) is 0 Å². The van der Waals surface area contributed by atoms with E-state index >= 15 is 0 Å². The van der Waals surface area contributed by atoms with Gasteiger partial charge < -0.3 is 0 Å². The summed E-state index contributed by atoms with van der Waals surface area (Å²) < 4.78 is 0. The van der Waals surface area contributed by atoms with Gasteiger partial charge in [0.2, 0.25) is 0 Å². The first-order valence-corrected chi connectivity index (χ1v) is 7.20. The lowest BCUT2D eigenvalue weighted by molar-refractivity contribution is 1.37. The maximum Gasteiger partial charge on any atom is 0.0598 e. The summed E-state index contributed by atoms with van der Waals surface area (Å²) in [6.07, 6.45) is 2.07. The van der Waals surface area contributed by atoms with Gasteiger partial charge in [0.15, 0.2) is 0 Å². The molecule has 2 aromatic rings. The molecular weight excluding hydrogens is 271 g/mol. The third-order valence-electron chi connectivity index (χ3n) is 2.68. The quantitative estimate of drug-likeness (QED) is 0.638. The van der Waals surface area contributed by atoms with Crippen LogP contribution < -0.4 is 0 Å². The predicted octanol–water partition coefficient (Wildman–Crippen LogP) is 5.69. The standard InChI is InChI=1S/C14H12Cl2S/c1-9-3-5-11(17-2)8-12(9)10-4-6-13(15)14(16)7-10/h3-8H,1-2H3. The highest BCUT2D eigenvalue weighted by Gasteiger charge is 2.05. The van der Waals surface area contributed by atoms with Crippen LogP contribution in [0.2, 0.25) is 10.0 Å². The van der Waals surface area contributed by atoms with Crippen LogP contribution in [0.1, 0.15) is 5.56 Å². The van der Waals surface area contributed by atoms with Gasteiger partial charge in [0.25, 0.3) is 0 Å². The van der Waals surface area contributed by atoms with Gasteiger partial charge in [-0.3, -0.25) is 0 Å². The molecule has 0 spiro atoms. The van der Waals surface area contributed by atoms with E-state index in [0.717, 1.165) is 5.56 Å². The Morgan fingerprint density at radius 2 is 1.71 bits per heavy atom. The topological polar surface area (TPSA) is 0 Å². The zero-order valence-electron chi connectivity index (χ0n) is 9.63. The van der Waals surface area contributed by atoms with Crippen LogP contribution in [-0.2, 0) is 0 Å². The summed E-state index contributed by atoms with van der Waals surface area (Å²) in [5.41, 5.74) is 3.55. The Morgan fingerprint density at radius 1 is 0.941 bits per heavy atom. The lowest BCUT2D eigenvalue weighted by Crippen LogP contribution is -1.84. The number of hydrogen-bond donors (Lipinski definition) is 0. The third kappa shape index (κ3) is 2.79. The molecule has 0 radical (unpaired) electrons. The van der Waals surface area contributed by atoms with E-state index in [2.05, 4.69) is 31.4 Å². The van der Waals surface area contributed by atoms with Crippen LogP contribution >= 0.6 is 35.0 Å². The van der Waals surface area contributed by atoms with Crippen molar-refractivity contribution >= 4 is 35.0 Å². The number of hydrogen-bond acceptors (Lipinski definition) is 1. The number of rotatable bonds is 2. The van der Waals surface area contributed by atoms with Crippen LogP contribution in [0.25, 0.3) is 11.1 Å². The number of aryl methyl sites for hydroxylation is 1. The highest BCUT2D eigenvalue weighted by molar-refractivity contribution is 7.98. The summed E-state index contributed by atoms with van der Waals surface area (Å²) in [4.78, 5) is 1.25. The molecule has 3 heteroatoms. The molecule has 0 unspecified atom stereocenters. The summed E-state index contributed by atoms with van der Waals surface area (Å²) in [5, 5.41) is 1.19. The molecule has 0 aliphatic heterocycles. The van der Waals surface area contributed by atoms with Gasteiger partial charge in [0, 0.05) is 4.90 Å². The summed E-state index contributed by atoms with van der Waals surface area (Å²) >= 11 is 13.7. The van der Waals surface area contributed by atoms with Crippen molar-refractivity contribution < 1.29 is 0 Å². The maximum atomic E-state index is 6.05. The minimum Gasteiger partial charge on any atom is -0.130 e. The molecule has 2 aromatic carbocycles. The monoisotopic (exact) mass is 282 g/mol. The van der Waals surface area contributed by atoms with Crippen molar-refractivity contribution in [1.82, 2.24) is 0 Å². The summed E-state index contributed by atoms with van der Waals surface area (Å²) in [6, 6.07) is 12.2. The maximum absolute atomic E-state index is 6.05. The molecule has 0 fully saturated rings. The fourth-order valence-electron chi connectivity index (χ4n) is 1.70. The van der Waals surface area contributed by atoms with Crippen LogP contribution in [0.5, 0.6) is 0 Å². The van der Waals surface area contributed by atoms with Gasteiger partial charge in [-0.15, -0.1) is 11.8 Å². The van der Waals surface area contributed by atoms with Crippen molar-refractivity contribution in [2.45, 2.75) is 11.8 Å². The van der Waals surface area contributed by atoms with E-state index in [1.54, 1.807) is 11.8 Å². The van der Waals surface area contributed by atoms with Gasteiger partial charge in [-0.1, -0.05) is 35.3 Å². The summed E-state index contributed by atoms with van der Waals surface area (Å²) in [5.74, 6) is 0. The van der Waals surface area contributed by atoms with Crippen molar-refractivity contribution in [3.05, 3.63) is 52.0 Å². The zero-order chi connectivity index (χ0) is 12.4. The highest BCUT2D eigenvalue weighted by Crippen LogP contribution is 2.32. The third-order valence-corrected chi connectivity index (χ3v) is 4.14. The highest BCUT2D eigenvalue weighted by atomic mass is 35.5. The summed E-state index contributed by atoms with van der Waals surface area (Å²) in [6.45, 7) is 2.10.